The normalized spacial score (nSPS) is 26.8. The number of amides is 1. The van der Waals surface area contributed by atoms with E-state index in [9.17, 15) is 4.79 Å². The van der Waals surface area contributed by atoms with Crippen molar-refractivity contribution in [1.82, 2.24) is 20.3 Å². The number of hydrogen-bond acceptors (Lipinski definition) is 5. The highest BCUT2D eigenvalue weighted by Gasteiger charge is 2.46. The Morgan fingerprint density at radius 2 is 2.13 bits per heavy atom. The van der Waals surface area contributed by atoms with Crippen LogP contribution < -0.4 is 19.7 Å². The van der Waals surface area contributed by atoms with Gasteiger partial charge in [0.1, 0.15) is 6.04 Å². The molecule has 5 heterocycles. The van der Waals surface area contributed by atoms with Gasteiger partial charge in [-0.2, -0.15) is 0 Å². The zero-order valence-corrected chi connectivity index (χ0v) is 18.6. The molecule has 8 heteroatoms. The number of fused-ring (bicyclic) bond motifs is 4. The summed E-state index contributed by atoms with van der Waals surface area (Å²) in [6.07, 6.45) is 4.28. The molecule has 166 valence electrons. The van der Waals surface area contributed by atoms with E-state index in [1.807, 2.05) is 22.9 Å². The average Bonchev–Trinajstić information content (AvgIpc) is 3.41. The molecule has 3 saturated heterocycles. The third kappa shape index (κ3) is 4.13. The number of benzene rings is 1. The van der Waals surface area contributed by atoms with E-state index in [2.05, 4.69) is 42.6 Å². The molecule has 4 aliphatic rings. The number of carbonyl (C=O) groups is 1. The quantitative estimate of drug-likeness (QED) is 0.743. The second-order valence-corrected chi connectivity index (χ2v) is 10.2. The molecule has 1 aromatic heterocycles. The van der Waals surface area contributed by atoms with Crippen molar-refractivity contribution in [3.8, 4) is 11.5 Å². The smallest absolute Gasteiger partial charge is 0.231 e. The second-order valence-electron chi connectivity index (χ2n) is 10.2. The Balaban J connectivity index is 1.17. The van der Waals surface area contributed by atoms with E-state index in [0.717, 1.165) is 55.2 Å². The van der Waals surface area contributed by atoms with Crippen LogP contribution in [0.3, 0.4) is 0 Å². The van der Waals surface area contributed by atoms with Crippen LogP contribution in [0.1, 0.15) is 44.9 Å². The van der Waals surface area contributed by atoms with Crippen molar-refractivity contribution in [2.45, 2.75) is 58.2 Å². The molecule has 0 radical (unpaired) electrons. The number of piperidine rings is 3. The molecule has 4 atom stereocenters. The SMILES string of the molecule is CC(C)(C)c1cn(C[C@H]2C[C@H]3CC[NH+]2C[C@@H]3C(=O)NCc2ccc3c(c2)OCO3)nn1. The first-order chi connectivity index (χ1) is 14.9. The molecule has 2 aromatic rings. The molecule has 0 saturated carbocycles. The number of quaternary nitrogens is 1. The predicted molar refractivity (Wildman–Crippen MR) is 114 cm³/mol. The summed E-state index contributed by atoms with van der Waals surface area (Å²) >= 11 is 0. The summed E-state index contributed by atoms with van der Waals surface area (Å²) in [6, 6.07) is 6.34. The van der Waals surface area contributed by atoms with Gasteiger partial charge in [-0.3, -0.25) is 4.79 Å². The summed E-state index contributed by atoms with van der Waals surface area (Å²) in [4.78, 5) is 14.5. The summed E-state index contributed by atoms with van der Waals surface area (Å²) in [7, 11) is 0. The van der Waals surface area contributed by atoms with Gasteiger partial charge < -0.3 is 19.7 Å². The monoisotopic (exact) mass is 426 g/mol. The van der Waals surface area contributed by atoms with Crippen molar-refractivity contribution >= 4 is 5.91 Å². The lowest BCUT2D eigenvalue weighted by Crippen LogP contribution is -3.20. The van der Waals surface area contributed by atoms with E-state index >= 15 is 0 Å². The third-order valence-electron chi connectivity index (χ3n) is 7.01. The van der Waals surface area contributed by atoms with Crippen LogP contribution in [0.15, 0.2) is 24.4 Å². The number of nitrogens with one attached hydrogen (secondary N) is 2. The van der Waals surface area contributed by atoms with E-state index in [-0.39, 0.29) is 24.0 Å². The van der Waals surface area contributed by atoms with Crippen LogP contribution in [0.2, 0.25) is 0 Å². The highest BCUT2D eigenvalue weighted by Crippen LogP contribution is 2.33. The first kappa shape index (κ1) is 20.3. The van der Waals surface area contributed by atoms with Crippen LogP contribution in [-0.4, -0.2) is 46.8 Å². The third-order valence-corrected chi connectivity index (χ3v) is 7.01. The van der Waals surface area contributed by atoms with Crippen LogP contribution in [0.4, 0.5) is 0 Å². The van der Waals surface area contributed by atoms with Crippen molar-refractivity contribution in [3.05, 3.63) is 35.7 Å². The second kappa shape index (κ2) is 7.82. The van der Waals surface area contributed by atoms with Crippen LogP contribution in [0.5, 0.6) is 11.5 Å². The maximum Gasteiger partial charge on any atom is 0.231 e. The summed E-state index contributed by atoms with van der Waals surface area (Å²) in [6.45, 7) is 10.2. The van der Waals surface area contributed by atoms with Gasteiger partial charge in [0, 0.05) is 31.0 Å². The van der Waals surface area contributed by atoms with Gasteiger partial charge in [0.15, 0.2) is 11.5 Å². The van der Waals surface area contributed by atoms with E-state index in [0.29, 0.717) is 18.5 Å². The molecular formula is C23H32N5O3+. The number of carbonyl (C=O) groups excluding carboxylic acids is 1. The van der Waals surface area contributed by atoms with Gasteiger partial charge in [-0.15, -0.1) is 5.10 Å². The van der Waals surface area contributed by atoms with E-state index in [1.54, 1.807) is 0 Å². The fourth-order valence-corrected chi connectivity index (χ4v) is 5.15. The maximum absolute atomic E-state index is 13.0. The topological polar surface area (TPSA) is 82.7 Å². The van der Waals surface area contributed by atoms with Crippen molar-refractivity contribution in [3.63, 3.8) is 0 Å². The highest BCUT2D eigenvalue weighted by atomic mass is 16.7. The first-order valence-electron chi connectivity index (χ1n) is 11.3. The van der Waals surface area contributed by atoms with Crippen molar-refractivity contribution < 1.29 is 19.2 Å². The molecule has 8 nitrogen and oxygen atoms in total. The molecular weight excluding hydrogens is 394 g/mol. The van der Waals surface area contributed by atoms with Crippen molar-refractivity contribution in [2.75, 3.05) is 19.9 Å². The molecule has 1 unspecified atom stereocenters. The minimum atomic E-state index is 0.0120. The van der Waals surface area contributed by atoms with Gasteiger partial charge in [-0.1, -0.05) is 32.1 Å². The zero-order chi connectivity index (χ0) is 21.6. The van der Waals surface area contributed by atoms with Gasteiger partial charge >= 0.3 is 0 Å². The predicted octanol–water partition coefficient (Wildman–Crippen LogP) is 0.914. The molecule has 6 rings (SSSR count). The van der Waals surface area contributed by atoms with Crippen LogP contribution in [0.25, 0.3) is 0 Å². The van der Waals surface area contributed by atoms with Gasteiger partial charge in [-0.05, 0) is 23.6 Å². The van der Waals surface area contributed by atoms with E-state index in [1.165, 1.54) is 4.90 Å². The van der Waals surface area contributed by atoms with Crippen LogP contribution in [-0.2, 0) is 23.3 Å². The first-order valence-corrected chi connectivity index (χ1v) is 11.3. The standard InChI is InChI=1S/C23H31N5O3/c1-23(2,3)21-13-28(26-25-21)11-17-9-16-6-7-27(17)12-18(16)22(29)24-10-15-4-5-19-20(8-15)31-14-30-19/h4-5,8,13,16-18H,6-7,9-12,14H2,1-3H3,(H,24,29)/p+1/t16-,17-,18+/m1/s1. The molecule has 0 spiro atoms. The Kier molecular flexibility index (Phi) is 5.12. The highest BCUT2D eigenvalue weighted by molar-refractivity contribution is 5.79. The molecule has 1 amide bonds. The molecule has 3 fully saturated rings. The minimum absolute atomic E-state index is 0.0120. The summed E-state index contributed by atoms with van der Waals surface area (Å²) in [5.41, 5.74) is 2.07. The molecule has 2 N–H and O–H groups in total. The van der Waals surface area contributed by atoms with E-state index in [4.69, 9.17) is 9.47 Å². The molecule has 0 aliphatic carbocycles. The van der Waals surface area contributed by atoms with E-state index < -0.39 is 0 Å². The Hall–Kier alpha value is -2.61. The fraction of sp³-hybridized carbons (Fsp3) is 0.609. The minimum Gasteiger partial charge on any atom is -0.454 e. The summed E-state index contributed by atoms with van der Waals surface area (Å²) < 4.78 is 12.8. The van der Waals surface area contributed by atoms with Gasteiger partial charge in [0.2, 0.25) is 12.7 Å². The lowest BCUT2D eigenvalue weighted by molar-refractivity contribution is -0.945. The Morgan fingerprint density at radius 3 is 2.87 bits per heavy atom. The number of nitrogens with zero attached hydrogens (tertiary/aromatic N) is 3. The number of rotatable bonds is 5. The Morgan fingerprint density at radius 1 is 1.29 bits per heavy atom. The van der Waals surface area contributed by atoms with Crippen molar-refractivity contribution in [2.24, 2.45) is 11.8 Å². The van der Waals surface area contributed by atoms with Crippen LogP contribution >= 0.6 is 0 Å². The van der Waals surface area contributed by atoms with Gasteiger partial charge in [-0.25, -0.2) is 4.68 Å². The lowest BCUT2D eigenvalue weighted by Gasteiger charge is -2.46. The number of aromatic nitrogens is 3. The largest absolute Gasteiger partial charge is 0.454 e. The Labute approximate surface area is 182 Å². The number of ether oxygens (including phenoxy) is 2. The number of hydrogen-bond donors (Lipinski definition) is 2. The molecule has 31 heavy (non-hydrogen) atoms. The molecule has 1 aromatic carbocycles. The fourth-order valence-electron chi connectivity index (χ4n) is 5.15. The Bertz CT molecular complexity index is 966. The summed E-state index contributed by atoms with van der Waals surface area (Å²) in [5.74, 6) is 2.24. The van der Waals surface area contributed by atoms with Crippen molar-refractivity contribution in [1.29, 1.82) is 0 Å². The van der Waals surface area contributed by atoms with Crippen LogP contribution in [0, 0.1) is 11.8 Å². The van der Waals surface area contributed by atoms with Gasteiger partial charge in [0.05, 0.1) is 31.2 Å². The average molecular weight is 427 g/mol. The lowest BCUT2D eigenvalue weighted by atomic mass is 9.75. The zero-order valence-electron chi connectivity index (χ0n) is 18.6. The molecule has 4 aliphatic heterocycles. The summed E-state index contributed by atoms with van der Waals surface area (Å²) in [5, 5.41) is 11.9. The maximum atomic E-state index is 13.0. The molecule has 2 bridgehead atoms. The van der Waals surface area contributed by atoms with Gasteiger partial charge in [0.25, 0.3) is 0 Å².